The second kappa shape index (κ2) is 7.17. The van der Waals surface area contributed by atoms with Crippen molar-refractivity contribution in [2.24, 2.45) is 5.41 Å². The Kier molecular flexibility index (Phi) is 4.72. The van der Waals surface area contributed by atoms with E-state index in [9.17, 15) is 13.6 Å². The number of pyridine rings is 1. The van der Waals surface area contributed by atoms with E-state index in [1.807, 2.05) is 0 Å². The first-order chi connectivity index (χ1) is 13.1. The molecule has 0 aliphatic carbocycles. The quantitative estimate of drug-likeness (QED) is 0.758. The summed E-state index contributed by atoms with van der Waals surface area (Å²) >= 11 is 0. The fourth-order valence-corrected chi connectivity index (χ4v) is 4.17. The Morgan fingerprint density at radius 3 is 2.52 bits per heavy atom. The molecular formula is C19H21F2N5O. The highest BCUT2D eigenvalue weighted by Crippen LogP contribution is 2.40. The van der Waals surface area contributed by atoms with Crippen molar-refractivity contribution < 1.29 is 13.6 Å². The van der Waals surface area contributed by atoms with Crippen molar-refractivity contribution in [3.63, 3.8) is 0 Å². The molecule has 2 aromatic heterocycles. The van der Waals surface area contributed by atoms with Crippen LogP contribution in [-0.2, 0) is 0 Å². The minimum absolute atomic E-state index is 0.107. The van der Waals surface area contributed by atoms with Crippen LogP contribution in [0.4, 0.5) is 14.7 Å². The lowest BCUT2D eigenvalue weighted by atomic mass is 9.72. The Morgan fingerprint density at radius 2 is 1.78 bits per heavy atom. The molecule has 1 spiro atoms. The summed E-state index contributed by atoms with van der Waals surface area (Å²) in [5, 5.41) is 0. The van der Waals surface area contributed by atoms with Crippen molar-refractivity contribution in [1.82, 2.24) is 19.9 Å². The minimum Gasteiger partial charge on any atom is -0.340 e. The van der Waals surface area contributed by atoms with Gasteiger partial charge in [0, 0.05) is 44.6 Å². The van der Waals surface area contributed by atoms with Crippen LogP contribution in [0, 0.1) is 17.2 Å². The predicted octanol–water partition coefficient (Wildman–Crippen LogP) is 2.67. The van der Waals surface area contributed by atoms with Crippen molar-refractivity contribution in [2.45, 2.75) is 25.7 Å². The Balaban J connectivity index is 1.43. The number of piperidine rings is 2. The molecule has 8 heteroatoms. The summed E-state index contributed by atoms with van der Waals surface area (Å²) in [6.45, 7) is 2.85. The second-order valence-corrected chi connectivity index (χ2v) is 7.35. The van der Waals surface area contributed by atoms with E-state index in [1.165, 1.54) is 0 Å². The molecule has 0 unspecified atom stereocenters. The van der Waals surface area contributed by atoms with Gasteiger partial charge in [-0.25, -0.2) is 19.3 Å². The first kappa shape index (κ1) is 17.8. The first-order valence-electron chi connectivity index (χ1n) is 9.19. The summed E-state index contributed by atoms with van der Waals surface area (Å²) in [6.07, 6.45) is 8.05. The maximum Gasteiger partial charge on any atom is 0.257 e. The van der Waals surface area contributed by atoms with E-state index >= 15 is 0 Å². The molecule has 1 amide bonds. The van der Waals surface area contributed by atoms with E-state index in [0.29, 0.717) is 13.1 Å². The molecule has 0 N–H and O–H groups in total. The molecule has 4 heterocycles. The molecule has 2 fully saturated rings. The summed E-state index contributed by atoms with van der Waals surface area (Å²) in [5.41, 5.74) is -0.141. The summed E-state index contributed by atoms with van der Waals surface area (Å²) in [7, 11) is 0. The van der Waals surface area contributed by atoms with E-state index in [1.54, 1.807) is 23.4 Å². The van der Waals surface area contributed by atoms with Gasteiger partial charge in [-0.15, -0.1) is 0 Å². The molecule has 2 aliphatic rings. The number of likely N-dealkylation sites (tertiary alicyclic amines) is 1. The monoisotopic (exact) mass is 373 g/mol. The first-order valence-corrected chi connectivity index (χ1v) is 9.19. The maximum atomic E-state index is 13.9. The van der Waals surface area contributed by atoms with Gasteiger partial charge in [-0.2, -0.15) is 4.39 Å². The van der Waals surface area contributed by atoms with Crippen LogP contribution in [0.1, 0.15) is 36.0 Å². The van der Waals surface area contributed by atoms with Gasteiger partial charge in [-0.1, -0.05) is 0 Å². The van der Waals surface area contributed by atoms with Gasteiger partial charge in [0.2, 0.25) is 11.9 Å². The van der Waals surface area contributed by atoms with Crippen molar-refractivity contribution in [1.29, 1.82) is 0 Å². The second-order valence-electron chi connectivity index (χ2n) is 7.35. The average Bonchev–Trinajstić information content (AvgIpc) is 2.71. The lowest BCUT2D eigenvalue weighted by Crippen LogP contribution is -2.51. The number of aromatic nitrogens is 3. The minimum atomic E-state index is -0.848. The van der Waals surface area contributed by atoms with Crippen LogP contribution in [0.5, 0.6) is 0 Å². The smallest absolute Gasteiger partial charge is 0.257 e. The van der Waals surface area contributed by atoms with E-state index in [2.05, 4.69) is 19.9 Å². The number of rotatable bonds is 2. The van der Waals surface area contributed by atoms with Gasteiger partial charge in [0.05, 0.1) is 11.8 Å². The number of carbonyl (C=O) groups excluding carboxylic acids is 1. The molecule has 2 saturated heterocycles. The molecular weight excluding hydrogens is 352 g/mol. The highest BCUT2D eigenvalue weighted by atomic mass is 19.1. The lowest BCUT2D eigenvalue weighted by Gasteiger charge is -2.47. The third-order valence-electron chi connectivity index (χ3n) is 5.66. The molecule has 0 atom stereocenters. The van der Waals surface area contributed by atoms with Gasteiger partial charge in [-0.05, 0) is 37.2 Å². The van der Waals surface area contributed by atoms with Gasteiger partial charge in [0.25, 0.3) is 5.91 Å². The Bertz CT molecular complexity index is 824. The Morgan fingerprint density at radius 1 is 1.04 bits per heavy atom. The summed E-state index contributed by atoms with van der Waals surface area (Å²) in [5.74, 6) is -1.36. The number of hydrogen-bond acceptors (Lipinski definition) is 5. The van der Waals surface area contributed by atoms with Crippen LogP contribution in [0.3, 0.4) is 0 Å². The third-order valence-corrected chi connectivity index (χ3v) is 5.66. The zero-order chi connectivity index (χ0) is 18.9. The van der Waals surface area contributed by atoms with Crippen LogP contribution >= 0.6 is 0 Å². The molecule has 0 saturated carbocycles. The Labute approximate surface area is 156 Å². The fraction of sp³-hybridized carbons (Fsp3) is 0.474. The van der Waals surface area contributed by atoms with Crippen LogP contribution in [0.15, 0.2) is 30.7 Å². The van der Waals surface area contributed by atoms with Gasteiger partial charge >= 0.3 is 0 Å². The van der Waals surface area contributed by atoms with Crippen molar-refractivity contribution in [2.75, 3.05) is 31.1 Å². The molecule has 0 aromatic carbocycles. The highest BCUT2D eigenvalue weighted by Gasteiger charge is 2.40. The molecule has 0 bridgehead atoms. The molecule has 4 rings (SSSR count). The van der Waals surface area contributed by atoms with E-state index in [0.717, 1.165) is 57.0 Å². The van der Waals surface area contributed by atoms with Crippen molar-refractivity contribution >= 4 is 11.9 Å². The number of hydrogen-bond donors (Lipinski definition) is 0. The van der Waals surface area contributed by atoms with Crippen molar-refractivity contribution in [3.05, 3.63) is 48.1 Å². The van der Waals surface area contributed by atoms with E-state index in [4.69, 9.17) is 0 Å². The van der Waals surface area contributed by atoms with Crippen LogP contribution in [0.25, 0.3) is 0 Å². The third kappa shape index (κ3) is 3.61. The standard InChI is InChI=1S/C19H21F2N5O/c20-15-12-24-16(21)11-14(15)17(27)25-9-4-19(5-10-25)3-1-8-26(13-19)18-22-6-2-7-23-18/h2,6-7,11-12H,1,3-5,8-10,13H2. The topological polar surface area (TPSA) is 62.2 Å². The van der Waals surface area contributed by atoms with E-state index < -0.39 is 17.7 Å². The number of halogens is 2. The lowest BCUT2D eigenvalue weighted by molar-refractivity contribution is 0.0535. The summed E-state index contributed by atoms with van der Waals surface area (Å²) < 4.78 is 27.2. The largest absolute Gasteiger partial charge is 0.340 e. The maximum absolute atomic E-state index is 13.9. The SMILES string of the molecule is O=C(c1cc(F)ncc1F)N1CCC2(CCCN(c3ncccn3)C2)CC1. The van der Waals surface area contributed by atoms with Gasteiger partial charge in [-0.3, -0.25) is 4.79 Å². The van der Waals surface area contributed by atoms with Gasteiger partial charge < -0.3 is 9.80 Å². The van der Waals surface area contributed by atoms with Crippen LogP contribution in [0.2, 0.25) is 0 Å². The van der Waals surface area contributed by atoms with Crippen LogP contribution < -0.4 is 4.90 Å². The molecule has 2 aliphatic heterocycles. The zero-order valence-corrected chi connectivity index (χ0v) is 14.9. The number of nitrogens with zero attached hydrogens (tertiary/aromatic N) is 5. The highest BCUT2D eigenvalue weighted by molar-refractivity contribution is 5.94. The van der Waals surface area contributed by atoms with Crippen molar-refractivity contribution in [3.8, 4) is 0 Å². The summed E-state index contributed by atoms with van der Waals surface area (Å²) in [6, 6.07) is 2.67. The number of amides is 1. The molecule has 27 heavy (non-hydrogen) atoms. The predicted molar refractivity (Wildman–Crippen MR) is 95.2 cm³/mol. The van der Waals surface area contributed by atoms with E-state index in [-0.39, 0.29) is 11.0 Å². The Hall–Kier alpha value is -2.64. The number of carbonyl (C=O) groups is 1. The fourth-order valence-electron chi connectivity index (χ4n) is 4.17. The van der Waals surface area contributed by atoms with Crippen LogP contribution in [-0.4, -0.2) is 51.9 Å². The molecule has 6 nitrogen and oxygen atoms in total. The molecule has 142 valence electrons. The van der Waals surface area contributed by atoms with Gasteiger partial charge in [0.1, 0.15) is 0 Å². The summed E-state index contributed by atoms with van der Waals surface area (Å²) in [4.78, 5) is 28.3. The average molecular weight is 373 g/mol. The normalized spacial score (nSPS) is 19.3. The molecule has 2 aromatic rings. The number of anilines is 1. The molecule has 0 radical (unpaired) electrons. The van der Waals surface area contributed by atoms with Gasteiger partial charge in [0.15, 0.2) is 5.82 Å². The zero-order valence-electron chi connectivity index (χ0n) is 14.9.